The smallest absolute Gasteiger partial charge is 0.123 e. The minimum absolute atomic E-state index is 0.173. The van der Waals surface area contributed by atoms with E-state index >= 15 is 0 Å². The molecule has 2 unspecified atom stereocenters. The van der Waals surface area contributed by atoms with Gasteiger partial charge in [0, 0.05) is 11.6 Å². The van der Waals surface area contributed by atoms with Crippen molar-refractivity contribution in [1.29, 1.82) is 0 Å². The molecule has 1 N–H and O–H groups in total. The van der Waals surface area contributed by atoms with Crippen molar-refractivity contribution in [2.24, 2.45) is 5.92 Å². The number of nitrogens with one attached hydrogen (secondary N) is 1. The largest absolute Gasteiger partial charge is 0.496 e. The minimum Gasteiger partial charge on any atom is -0.496 e. The predicted molar refractivity (Wildman–Crippen MR) is 71.6 cm³/mol. The fourth-order valence-electron chi connectivity index (χ4n) is 2.60. The van der Waals surface area contributed by atoms with Crippen molar-refractivity contribution in [2.75, 3.05) is 13.7 Å². The highest BCUT2D eigenvalue weighted by Gasteiger charge is 2.33. The van der Waals surface area contributed by atoms with Crippen LogP contribution in [0.2, 0.25) is 0 Å². The van der Waals surface area contributed by atoms with Gasteiger partial charge >= 0.3 is 0 Å². The molecular formula is C15H22FNO. The summed E-state index contributed by atoms with van der Waals surface area (Å²) in [6.45, 7) is 5.30. The predicted octanol–water partition coefficient (Wildman–Crippen LogP) is 3.33. The molecule has 2 rings (SSSR count). The van der Waals surface area contributed by atoms with Gasteiger partial charge in [-0.1, -0.05) is 13.8 Å². The summed E-state index contributed by atoms with van der Waals surface area (Å²) in [5.41, 5.74) is 1.03. The SMILES string of the molecule is COc1ccc(F)cc1C1CCC1CNC(C)C. The number of benzene rings is 1. The molecule has 0 amide bonds. The fourth-order valence-corrected chi connectivity index (χ4v) is 2.60. The lowest BCUT2D eigenvalue weighted by atomic mass is 9.69. The average molecular weight is 251 g/mol. The van der Waals surface area contributed by atoms with Crippen molar-refractivity contribution in [2.45, 2.75) is 38.6 Å². The van der Waals surface area contributed by atoms with Crippen LogP contribution in [0.1, 0.15) is 38.2 Å². The monoisotopic (exact) mass is 251 g/mol. The molecule has 0 heterocycles. The zero-order valence-electron chi connectivity index (χ0n) is 11.4. The summed E-state index contributed by atoms with van der Waals surface area (Å²) in [5, 5.41) is 3.46. The van der Waals surface area contributed by atoms with Crippen molar-refractivity contribution in [3.05, 3.63) is 29.6 Å². The number of methoxy groups -OCH3 is 1. The highest BCUT2D eigenvalue weighted by molar-refractivity contribution is 5.38. The molecule has 1 aliphatic rings. The van der Waals surface area contributed by atoms with Gasteiger partial charge in [-0.25, -0.2) is 4.39 Å². The van der Waals surface area contributed by atoms with Crippen molar-refractivity contribution in [3.8, 4) is 5.75 Å². The number of halogens is 1. The van der Waals surface area contributed by atoms with Crippen LogP contribution in [-0.4, -0.2) is 19.7 Å². The summed E-state index contributed by atoms with van der Waals surface area (Å²) in [5.74, 6) is 1.67. The standard InChI is InChI=1S/C15H22FNO/c1-10(2)17-9-11-4-6-13(11)14-8-12(16)5-7-15(14)18-3/h5,7-8,10-11,13,17H,4,6,9H2,1-3H3. The summed E-state index contributed by atoms with van der Waals surface area (Å²) in [4.78, 5) is 0. The number of ether oxygens (including phenoxy) is 1. The van der Waals surface area contributed by atoms with Crippen LogP contribution in [0, 0.1) is 11.7 Å². The van der Waals surface area contributed by atoms with Gasteiger partial charge in [0.15, 0.2) is 0 Å². The molecule has 0 bridgehead atoms. The Morgan fingerprint density at radius 3 is 2.72 bits per heavy atom. The van der Waals surface area contributed by atoms with Gasteiger partial charge in [0.05, 0.1) is 7.11 Å². The lowest BCUT2D eigenvalue weighted by Crippen LogP contribution is -2.36. The molecule has 18 heavy (non-hydrogen) atoms. The molecule has 1 fully saturated rings. The minimum atomic E-state index is -0.173. The lowest BCUT2D eigenvalue weighted by molar-refractivity contribution is 0.234. The third-order valence-electron chi connectivity index (χ3n) is 3.80. The summed E-state index contributed by atoms with van der Waals surface area (Å²) in [7, 11) is 1.65. The Balaban J connectivity index is 2.09. The second kappa shape index (κ2) is 5.70. The zero-order valence-corrected chi connectivity index (χ0v) is 11.4. The van der Waals surface area contributed by atoms with E-state index in [4.69, 9.17) is 4.74 Å². The Labute approximate surface area is 109 Å². The first-order chi connectivity index (χ1) is 8.61. The lowest BCUT2D eigenvalue weighted by Gasteiger charge is -2.38. The number of rotatable bonds is 5. The second-order valence-electron chi connectivity index (χ2n) is 5.39. The van der Waals surface area contributed by atoms with Gasteiger partial charge in [-0.3, -0.25) is 0 Å². The molecule has 0 saturated heterocycles. The third-order valence-corrected chi connectivity index (χ3v) is 3.80. The van der Waals surface area contributed by atoms with Crippen LogP contribution >= 0.6 is 0 Å². The zero-order chi connectivity index (χ0) is 13.1. The molecule has 1 saturated carbocycles. The molecule has 0 spiro atoms. The van der Waals surface area contributed by atoms with Crippen molar-refractivity contribution >= 4 is 0 Å². The van der Waals surface area contributed by atoms with E-state index in [1.54, 1.807) is 19.2 Å². The molecule has 100 valence electrons. The van der Waals surface area contributed by atoms with Gasteiger partial charge < -0.3 is 10.1 Å². The van der Waals surface area contributed by atoms with Crippen LogP contribution in [0.5, 0.6) is 5.75 Å². The van der Waals surface area contributed by atoms with E-state index in [0.717, 1.165) is 24.3 Å². The fraction of sp³-hybridized carbons (Fsp3) is 0.600. The van der Waals surface area contributed by atoms with Gasteiger partial charge in [-0.2, -0.15) is 0 Å². The molecule has 3 heteroatoms. The highest BCUT2D eigenvalue weighted by Crippen LogP contribution is 2.45. The molecule has 0 aromatic heterocycles. The summed E-state index contributed by atoms with van der Waals surface area (Å²) >= 11 is 0. The molecule has 0 aliphatic heterocycles. The first-order valence-corrected chi connectivity index (χ1v) is 6.68. The second-order valence-corrected chi connectivity index (χ2v) is 5.39. The van der Waals surface area contributed by atoms with E-state index in [9.17, 15) is 4.39 Å². The van der Waals surface area contributed by atoms with E-state index in [-0.39, 0.29) is 5.82 Å². The molecule has 1 aromatic rings. The van der Waals surface area contributed by atoms with Crippen LogP contribution in [0.3, 0.4) is 0 Å². The molecule has 1 aliphatic carbocycles. The maximum atomic E-state index is 13.4. The quantitative estimate of drug-likeness (QED) is 0.866. The Kier molecular flexibility index (Phi) is 4.23. The van der Waals surface area contributed by atoms with Crippen LogP contribution in [-0.2, 0) is 0 Å². The first-order valence-electron chi connectivity index (χ1n) is 6.68. The maximum absolute atomic E-state index is 13.4. The molecular weight excluding hydrogens is 229 g/mol. The van der Waals surface area contributed by atoms with E-state index < -0.39 is 0 Å². The van der Waals surface area contributed by atoms with Crippen LogP contribution in [0.4, 0.5) is 4.39 Å². The van der Waals surface area contributed by atoms with Crippen molar-refractivity contribution in [3.63, 3.8) is 0 Å². The normalized spacial score (nSPS) is 22.9. The van der Waals surface area contributed by atoms with E-state index in [1.165, 1.54) is 12.5 Å². The average Bonchev–Trinajstić information content (AvgIpc) is 2.27. The summed E-state index contributed by atoms with van der Waals surface area (Å²) in [6, 6.07) is 5.32. The van der Waals surface area contributed by atoms with Crippen LogP contribution in [0.25, 0.3) is 0 Å². The topological polar surface area (TPSA) is 21.3 Å². The van der Waals surface area contributed by atoms with Gasteiger partial charge in [0.1, 0.15) is 11.6 Å². The Hall–Kier alpha value is -1.09. The van der Waals surface area contributed by atoms with Crippen LogP contribution in [0.15, 0.2) is 18.2 Å². The van der Waals surface area contributed by atoms with Gasteiger partial charge in [-0.05, 0) is 49.4 Å². The van der Waals surface area contributed by atoms with Crippen molar-refractivity contribution < 1.29 is 9.13 Å². The summed E-state index contributed by atoms with van der Waals surface area (Å²) in [6.07, 6.45) is 2.34. The Bertz CT molecular complexity index is 405. The van der Waals surface area contributed by atoms with Gasteiger partial charge in [0.25, 0.3) is 0 Å². The number of hydrogen-bond acceptors (Lipinski definition) is 2. The van der Waals surface area contributed by atoms with Crippen LogP contribution < -0.4 is 10.1 Å². The van der Waals surface area contributed by atoms with Gasteiger partial charge in [-0.15, -0.1) is 0 Å². The molecule has 0 radical (unpaired) electrons. The first kappa shape index (κ1) is 13.3. The Morgan fingerprint density at radius 1 is 1.39 bits per heavy atom. The van der Waals surface area contributed by atoms with Crippen molar-refractivity contribution in [1.82, 2.24) is 5.32 Å². The van der Waals surface area contributed by atoms with E-state index in [1.807, 2.05) is 0 Å². The highest BCUT2D eigenvalue weighted by atomic mass is 19.1. The molecule has 2 atom stereocenters. The molecule has 1 aromatic carbocycles. The van der Waals surface area contributed by atoms with E-state index in [2.05, 4.69) is 19.2 Å². The number of hydrogen-bond donors (Lipinski definition) is 1. The maximum Gasteiger partial charge on any atom is 0.123 e. The Morgan fingerprint density at radius 2 is 2.17 bits per heavy atom. The molecule has 2 nitrogen and oxygen atoms in total. The summed E-state index contributed by atoms with van der Waals surface area (Å²) < 4.78 is 18.7. The van der Waals surface area contributed by atoms with Gasteiger partial charge in [0.2, 0.25) is 0 Å². The van der Waals surface area contributed by atoms with E-state index in [0.29, 0.717) is 17.9 Å². The third kappa shape index (κ3) is 2.83.